The minimum Gasteiger partial charge on any atom is -0.371 e. The first-order valence-electron chi connectivity index (χ1n) is 8.18. The summed E-state index contributed by atoms with van der Waals surface area (Å²) in [6, 6.07) is 5.20. The maximum Gasteiger partial charge on any atom is 0.416 e. The summed E-state index contributed by atoms with van der Waals surface area (Å²) in [5, 5.41) is 2.68. The Kier molecular flexibility index (Phi) is 4.88. The fourth-order valence-corrected chi connectivity index (χ4v) is 3.05. The zero-order chi connectivity index (χ0) is 18.9. The molecular formula is C17H19F4N5. The van der Waals surface area contributed by atoms with Crippen molar-refractivity contribution in [1.29, 1.82) is 0 Å². The molecule has 3 rings (SSSR count). The van der Waals surface area contributed by atoms with Gasteiger partial charge in [0, 0.05) is 38.4 Å². The zero-order valence-corrected chi connectivity index (χ0v) is 14.4. The van der Waals surface area contributed by atoms with Gasteiger partial charge in [-0.25, -0.2) is 9.37 Å². The van der Waals surface area contributed by atoms with Gasteiger partial charge in [-0.15, -0.1) is 0 Å². The van der Waals surface area contributed by atoms with Crippen LogP contribution in [0.5, 0.6) is 0 Å². The third kappa shape index (κ3) is 3.66. The van der Waals surface area contributed by atoms with Crippen LogP contribution in [-0.4, -0.2) is 42.7 Å². The van der Waals surface area contributed by atoms with Crippen molar-refractivity contribution in [1.82, 2.24) is 9.97 Å². The highest BCUT2D eigenvalue weighted by molar-refractivity contribution is 5.51. The van der Waals surface area contributed by atoms with Gasteiger partial charge in [0.25, 0.3) is 0 Å². The molecule has 2 heterocycles. The molecule has 0 saturated carbocycles. The van der Waals surface area contributed by atoms with Crippen LogP contribution in [0.3, 0.4) is 0 Å². The topological polar surface area (TPSA) is 44.3 Å². The SMILES string of the molecule is CNc1nc(N2CCN(c3ccc(C(F)(F)F)cc3)C(C)C2)ncc1F. The summed E-state index contributed by atoms with van der Waals surface area (Å²) >= 11 is 0. The normalized spacial score (nSPS) is 18.2. The summed E-state index contributed by atoms with van der Waals surface area (Å²) in [4.78, 5) is 12.2. The van der Waals surface area contributed by atoms with Gasteiger partial charge in [0.1, 0.15) is 0 Å². The van der Waals surface area contributed by atoms with E-state index in [1.807, 2.05) is 16.7 Å². The number of nitrogens with zero attached hydrogens (tertiary/aromatic N) is 4. The van der Waals surface area contributed by atoms with Crippen molar-refractivity contribution in [2.24, 2.45) is 0 Å². The maximum atomic E-state index is 13.5. The second kappa shape index (κ2) is 6.97. The molecule has 0 radical (unpaired) electrons. The van der Waals surface area contributed by atoms with Crippen LogP contribution < -0.4 is 15.1 Å². The van der Waals surface area contributed by atoms with E-state index >= 15 is 0 Å². The van der Waals surface area contributed by atoms with E-state index in [0.29, 0.717) is 25.6 Å². The Hall–Kier alpha value is -2.58. The molecule has 5 nitrogen and oxygen atoms in total. The average molecular weight is 369 g/mol. The van der Waals surface area contributed by atoms with Crippen molar-refractivity contribution in [2.75, 3.05) is 41.8 Å². The van der Waals surface area contributed by atoms with Gasteiger partial charge in [0.2, 0.25) is 5.95 Å². The Morgan fingerprint density at radius 1 is 1.15 bits per heavy atom. The van der Waals surface area contributed by atoms with Crippen molar-refractivity contribution in [3.63, 3.8) is 0 Å². The average Bonchev–Trinajstić information content (AvgIpc) is 2.61. The van der Waals surface area contributed by atoms with E-state index in [0.717, 1.165) is 24.0 Å². The number of piperazine rings is 1. The molecule has 1 aromatic heterocycles. The van der Waals surface area contributed by atoms with Crippen LogP contribution in [0.2, 0.25) is 0 Å². The van der Waals surface area contributed by atoms with Crippen LogP contribution in [-0.2, 0) is 6.18 Å². The number of aromatic nitrogens is 2. The van der Waals surface area contributed by atoms with Crippen LogP contribution >= 0.6 is 0 Å². The first-order chi connectivity index (χ1) is 12.3. The standard InChI is InChI=1S/C17H19F4N5/c1-11-10-25(16-23-9-14(18)15(22-2)24-16)7-8-26(11)13-5-3-12(4-6-13)17(19,20)21/h3-6,9,11H,7-8,10H2,1-2H3,(H,22,23,24). The molecule has 1 aliphatic heterocycles. The number of nitrogens with one attached hydrogen (secondary N) is 1. The third-order valence-corrected chi connectivity index (χ3v) is 4.40. The van der Waals surface area contributed by atoms with Crippen LogP contribution in [0.1, 0.15) is 12.5 Å². The Labute approximate surface area is 148 Å². The number of hydrogen-bond donors (Lipinski definition) is 1. The molecular weight excluding hydrogens is 350 g/mol. The molecule has 26 heavy (non-hydrogen) atoms. The number of rotatable bonds is 3. The smallest absolute Gasteiger partial charge is 0.371 e. The Morgan fingerprint density at radius 3 is 2.42 bits per heavy atom. The Morgan fingerprint density at radius 2 is 1.85 bits per heavy atom. The Balaban J connectivity index is 1.72. The van der Waals surface area contributed by atoms with E-state index in [9.17, 15) is 17.6 Å². The molecule has 0 bridgehead atoms. The quantitative estimate of drug-likeness (QED) is 0.841. The lowest BCUT2D eigenvalue weighted by Gasteiger charge is -2.41. The van der Waals surface area contributed by atoms with Gasteiger partial charge in [0.05, 0.1) is 11.8 Å². The first kappa shape index (κ1) is 18.2. The van der Waals surface area contributed by atoms with Crippen molar-refractivity contribution in [3.8, 4) is 0 Å². The van der Waals surface area contributed by atoms with E-state index in [1.54, 1.807) is 7.05 Å². The molecule has 140 valence electrons. The number of alkyl halides is 3. The van der Waals surface area contributed by atoms with Crippen molar-refractivity contribution in [3.05, 3.63) is 41.8 Å². The summed E-state index contributed by atoms with van der Waals surface area (Å²) in [5.74, 6) is 0.0372. The van der Waals surface area contributed by atoms with E-state index in [-0.39, 0.29) is 11.9 Å². The van der Waals surface area contributed by atoms with Crippen molar-refractivity contribution >= 4 is 17.5 Å². The predicted molar refractivity (Wildman–Crippen MR) is 92.0 cm³/mol. The molecule has 1 aliphatic rings. The number of benzene rings is 1. The minimum absolute atomic E-state index is 0.0344. The molecule has 2 aromatic rings. The Bertz CT molecular complexity index is 763. The lowest BCUT2D eigenvalue weighted by molar-refractivity contribution is -0.137. The maximum absolute atomic E-state index is 13.5. The summed E-state index contributed by atoms with van der Waals surface area (Å²) in [5.41, 5.74) is 0.0768. The van der Waals surface area contributed by atoms with Gasteiger partial charge in [-0.05, 0) is 31.2 Å². The van der Waals surface area contributed by atoms with E-state index in [4.69, 9.17) is 0 Å². The molecule has 0 spiro atoms. The summed E-state index contributed by atoms with van der Waals surface area (Å²) in [6.45, 7) is 3.74. The van der Waals surface area contributed by atoms with E-state index in [2.05, 4.69) is 15.3 Å². The van der Waals surface area contributed by atoms with Crippen LogP contribution in [0, 0.1) is 5.82 Å². The lowest BCUT2D eigenvalue weighted by atomic mass is 10.1. The molecule has 1 N–H and O–H groups in total. The highest BCUT2D eigenvalue weighted by Crippen LogP contribution is 2.31. The van der Waals surface area contributed by atoms with Crippen LogP contribution in [0.15, 0.2) is 30.5 Å². The van der Waals surface area contributed by atoms with Gasteiger partial charge >= 0.3 is 6.18 Å². The van der Waals surface area contributed by atoms with Crippen molar-refractivity contribution in [2.45, 2.75) is 19.1 Å². The molecule has 9 heteroatoms. The summed E-state index contributed by atoms with van der Waals surface area (Å²) in [7, 11) is 1.58. The van der Waals surface area contributed by atoms with Crippen molar-refractivity contribution < 1.29 is 17.6 Å². The van der Waals surface area contributed by atoms with Gasteiger partial charge in [-0.1, -0.05) is 0 Å². The molecule has 1 unspecified atom stereocenters. The number of halogens is 4. The minimum atomic E-state index is -4.34. The molecule has 1 saturated heterocycles. The highest BCUT2D eigenvalue weighted by Gasteiger charge is 2.31. The van der Waals surface area contributed by atoms with Gasteiger partial charge in [-0.2, -0.15) is 18.2 Å². The van der Waals surface area contributed by atoms with Gasteiger partial charge < -0.3 is 15.1 Å². The van der Waals surface area contributed by atoms with E-state index in [1.165, 1.54) is 12.1 Å². The molecule has 0 amide bonds. The summed E-state index contributed by atoms with van der Waals surface area (Å²) in [6.07, 6.45) is -3.21. The second-order valence-corrected chi connectivity index (χ2v) is 6.15. The molecule has 0 aliphatic carbocycles. The van der Waals surface area contributed by atoms with Crippen LogP contribution in [0.4, 0.5) is 35.0 Å². The predicted octanol–water partition coefficient (Wildman–Crippen LogP) is 3.39. The monoisotopic (exact) mass is 369 g/mol. The zero-order valence-electron chi connectivity index (χ0n) is 14.4. The third-order valence-electron chi connectivity index (χ3n) is 4.40. The molecule has 1 atom stereocenters. The number of anilines is 3. The van der Waals surface area contributed by atoms with Crippen LogP contribution in [0.25, 0.3) is 0 Å². The van der Waals surface area contributed by atoms with Gasteiger partial charge in [0.15, 0.2) is 11.6 Å². The first-order valence-corrected chi connectivity index (χ1v) is 8.18. The lowest BCUT2D eigenvalue weighted by Crippen LogP contribution is -2.52. The van der Waals surface area contributed by atoms with E-state index < -0.39 is 17.6 Å². The fourth-order valence-electron chi connectivity index (χ4n) is 3.05. The second-order valence-electron chi connectivity index (χ2n) is 6.15. The molecule has 1 fully saturated rings. The highest BCUT2D eigenvalue weighted by atomic mass is 19.4. The summed E-state index contributed by atoms with van der Waals surface area (Å²) < 4.78 is 51.6. The number of hydrogen-bond acceptors (Lipinski definition) is 5. The molecule has 1 aromatic carbocycles. The van der Waals surface area contributed by atoms with Gasteiger partial charge in [-0.3, -0.25) is 0 Å². The fraction of sp³-hybridized carbons (Fsp3) is 0.412. The largest absolute Gasteiger partial charge is 0.416 e.